The summed E-state index contributed by atoms with van der Waals surface area (Å²) in [4.78, 5) is 0. The minimum atomic E-state index is -4.33. The topological polar surface area (TPSA) is 0 Å². The molecule has 0 amide bonds. The van der Waals surface area contributed by atoms with E-state index in [9.17, 15) is 13.2 Å². The first kappa shape index (κ1) is 12.9. The Labute approximate surface area is 97.4 Å². The zero-order valence-electron chi connectivity index (χ0n) is 8.66. The Morgan fingerprint density at radius 1 is 1.31 bits per heavy atom. The summed E-state index contributed by atoms with van der Waals surface area (Å²) in [6.45, 7) is 1.42. The van der Waals surface area contributed by atoms with E-state index >= 15 is 0 Å². The van der Waals surface area contributed by atoms with Crippen molar-refractivity contribution in [3.63, 3.8) is 0 Å². The van der Waals surface area contributed by atoms with Crippen LogP contribution in [0.1, 0.15) is 23.1 Å². The van der Waals surface area contributed by atoms with Gasteiger partial charge in [0.25, 0.3) is 0 Å². The summed E-state index contributed by atoms with van der Waals surface area (Å²) in [7, 11) is 0. The number of alkyl halides is 4. The molecule has 16 heavy (non-hydrogen) atoms. The van der Waals surface area contributed by atoms with Crippen LogP contribution in [0.15, 0.2) is 18.2 Å². The van der Waals surface area contributed by atoms with Crippen LogP contribution in [0.25, 0.3) is 0 Å². The maximum atomic E-state index is 12.5. The Balaban J connectivity index is 3.11. The highest BCUT2D eigenvalue weighted by atomic mass is 35.5. The predicted octanol–water partition coefficient (Wildman–Crippen LogP) is 3.99. The molecule has 1 rings (SSSR count). The van der Waals surface area contributed by atoms with Crippen molar-refractivity contribution >= 4 is 11.6 Å². The van der Waals surface area contributed by atoms with Crippen LogP contribution < -0.4 is 0 Å². The molecule has 0 atom stereocenters. The molecule has 0 unspecified atom stereocenters. The van der Waals surface area contributed by atoms with Gasteiger partial charge in [-0.1, -0.05) is 17.9 Å². The molecule has 0 N–H and O–H groups in total. The van der Waals surface area contributed by atoms with E-state index in [-0.39, 0.29) is 5.56 Å². The highest BCUT2D eigenvalue weighted by molar-refractivity contribution is 6.18. The molecule has 86 valence electrons. The standard InChI is InChI=1S/C12H10ClF3/c1-9-10(5-2-3-8-13)6-4-7-11(9)12(14,15)16/h4,6-7H,3,8H2,1H3. The van der Waals surface area contributed by atoms with E-state index in [0.29, 0.717) is 17.9 Å². The van der Waals surface area contributed by atoms with Crippen LogP contribution in [0.5, 0.6) is 0 Å². The zero-order valence-corrected chi connectivity index (χ0v) is 9.41. The molecule has 0 aromatic heterocycles. The molecular formula is C12H10ClF3. The second kappa shape index (κ2) is 5.27. The van der Waals surface area contributed by atoms with Crippen LogP contribution in [-0.4, -0.2) is 5.88 Å². The summed E-state index contributed by atoms with van der Waals surface area (Å²) < 4.78 is 37.6. The fraction of sp³-hybridized carbons (Fsp3) is 0.333. The fourth-order valence-electron chi connectivity index (χ4n) is 1.28. The Morgan fingerprint density at radius 2 is 2.00 bits per heavy atom. The summed E-state index contributed by atoms with van der Waals surface area (Å²) in [6, 6.07) is 3.99. The molecule has 1 aromatic rings. The van der Waals surface area contributed by atoms with Crippen molar-refractivity contribution in [3.05, 3.63) is 34.9 Å². The third kappa shape index (κ3) is 3.18. The zero-order chi connectivity index (χ0) is 12.2. The van der Waals surface area contributed by atoms with Crippen molar-refractivity contribution in [1.82, 2.24) is 0 Å². The lowest BCUT2D eigenvalue weighted by atomic mass is 10.0. The van der Waals surface area contributed by atoms with Gasteiger partial charge >= 0.3 is 6.18 Å². The first-order valence-corrected chi connectivity index (χ1v) is 5.22. The molecule has 4 heteroatoms. The maximum absolute atomic E-state index is 12.5. The van der Waals surface area contributed by atoms with Gasteiger partial charge in [0.15, 0.2) is 0 Å². The van der Waals surface area contributed by atoms with Crippen molar-refractivity contribution < 1.29 is 13.2 Å². The van der Waals surface area contributed by atoms with E-state index in [2.05, 4.69) is 11.8 Å². The minimum Gasteiger partial charge on any atom is -0.166 e. The number of benzene rings is 1. The first-order chi connectivity index (χ1) is 7.46. The van der Waals surface area contributed by atoms with Crippen molar-refractivity contribution in [2.24, 2.45) is 0 Å². The van der Waals surface area contributed by atoms with Crippen LogP contribution >= 0.6 is 11.6 Å². The minimum absolute atomic E-state index is 0.164. The quantitative estimate of drug-likeness (QED) is 0.519. The van der Waals surface area contributed by atoms with Gasteiger partial charge in [-0.05, 0) is 24.6 Å². The molecule has 0 heterocycles. The van der Waals surface area contributed by atoms with Crippen LogP contribution in [0.2, 0.25) is 0 Å². The lowest BCUT2D eigenvalue weighted by molar-refractivity contribution is -0.138. The van der Waals surface area contributed by atoms with Crippen LogP contribution in [0.4, 0.5) is 13.2 Å². The van der Waals surface area contributed by atoms with E-state index in [1.54, 1.807) is 6.07 Å². The van der Waals surface area contributed by atoms with Crippen molar-refractivity contribution in [2.75, 3.05) is 5.88 Å². The average molecular weight is 247 g/mol. The highest BCUT2D eigenvalue weighted by Gasteiger charge is 2.32. The van der Waals surface area contributed by atoms with E-state index in [1.807, 2.05) is 0 Å². The largest absolute Gasteiger partial charge is 0.416 e. The third-order valence-corrected chi connectivity index (χ3v) is 2.27. The smallest absolute Gasteiger partial charge is 0.166 e. The Bertz CT molecular complexity index is 424. The number of hydrogen-bond donors (Lipinski definition) is 0. The lowest BCUT2D eigenvalue weighted by Gasteiger charge is -2.10. The normalized spacial score (nSPS) is 10.8. The van der Waals surface area contributed by atoms with Crippen molar-refractivity contribution in [2.45, 2.75) is 19.5 Å². The summed E-state index contributed by atoms with van der Waals surface area (Å²) in [6.07, 6.45) is -3.86. The SMILES string of the molecule is Cc1c(C#CCCCl)cccc1C(F)(F)F. The predicted molar refractivity (Wildman–Crippen MR) is 58.4 cm³/mol. The van der Waals surface area contributed by atoms with Gasteiger partial charge in [-0.15, -0.1) is 11.6 Å². The number of halogens is 4. The molecule has 0 bridgehead atoms. The summed E-state index contributed by atoms with van der Waals surface area (Å²) in [5.74, 6) is 5.79. The summed E-state index contributed by atoms with van der Waals surface area (Å²) in [5.41, 5.74) is -0.0674. The van der Waals surface area contributed by atoms with Gasteiger partial charge in [-0.3, -0.25) is 0 Å². The Hall–Kier alpha value is -1.14. The molecule has 0 fully saturated rings. The highest BCUT2D eigenvalue weighted by Crippen LogP contribution is 2.32. The van der Waals surface area contributed by atoms with Gasteiger partial charge < -0.3 is 0 Å². The van der Waals surface area contributed by atoms with E-state index in [0.717, 1.165) is 6.07 Å². The second-order valence-electron chi connectivity index (χ2n) is 3.22. The van der Waals surface area contributed by atoms with Gasteiger partial charge in [0, 0.05) is 17.9 Å². The molecule has 0 aliphatic carbocycles. The van der Waals surface area contributed by atoms with Gasteiger partial charge in [-0.25, -0.2) is 0 Å². The molecular weight excluding hydrogens is 237 g/mol. The molecule has 0 saturated heterocycles. The Morgan fingerprint density at radius 3 is 2.56 bits per heavy atom. The first-order valence-electron chi connectivity index (χ1n) is 4.68. The van der Waals surface area contributed by atoms with Crippen LogP contribution in [0, 0.1) is 18.8 Å². The fourth-order valence-corrected chi connectivity index (χ4v) is 1.38. The number of rotatable bonds is 1. The molecule has 0 aliphatic heterocycles. The molecule has 0 saturated carbocycles. The molecule has 0 spiro atoms. The second-order valence-corrected chi connectivity index (χ2v) is 3.59. The summed E-state index contributed by atoms with van der Waals surface area (Å²) in [5, 5.41) is 0. The van der Waals surface area contributed by atoms with Gasteiger partial charge in [0.2, 0.25) is 0 Å². The molecule has 0 aliphatic rings. The van der Waals surface area contributed by atoms with Gasteiger partial charge in [-0.2, -0.15) is 13.2 Å². The van der Waals surface area contributed by atoms with Crippen LogP contribution in [-0.2, 0) is 6.18 Å². The number of hydrogen-bond acceptors (Lipinski definition) is 0. The molecule has 0 radical (unpaired) electrons. The van der Waals surface area contributed by atoms with Crippen molar-refractivity contribution in [3.8, 4) is 11.8 Å². The van der Waals surface area contributed by atoms with E-state index < -0.39 is 11.7 Å². The molecule has 1 aromatic carbocycles. The van der Waals surface area contributed by atoms with E-state index in [1.165, 1.54) is 13.0 Å². The monoisotopic (exact) mass is 246 g/mol. The Kier molecular flexibility index (Phi) is 4.26. The third-order valence-electron chi connectivity index (χ3n) is 2.08. The maximum Gasteiger partial charge on any atom is 0.416 e. The average Bonchev–Trinajstić information content (AvgIpc) is 2.19. The van der Waals surface area contributed by atoms with E-state index in [4.69, 9.17) is 11.6 Å². The van der Waals surface area contributed by atoms with Crippen LogP contribution in [0.3, 0.4) is 0 Å². The lowest BCUT2D eigenvalue weighted by Crippen LogP contribution is -2.08. The molecule has 0 nitrogen and oxygen atoms in total. The van der Waals surface area contributed by atoms with Crippen molar-refractivity contribution in [1.29, 1.82) is 0 Å². The van der Waals surface area contributed by atoms with Gasteiger partial charge in [0.1, 0.15) is 0 Å². The summed E-state index contributed by atoms with van der Waals surface area (Å²) >= 11 is 5.43. The van der Waals surface area contributed by atoms with Gasteiger partial charge in [0.05, 0.1) is 5.56 Å².